The highest BCUT2D eigenvalue weighted by Gasteiger charge is 2.14. The molecule has 1 atom stereocenters. The second kappa shape index (κ2) is 8.81. The van der Waals surface area contributed by atoms with Crippen molar-refractivity contribution in [3.05, 3.63) is 65.5 Å². The van der Waals surface area contributed by atoms with Crippen LogP contribution < -0.4 is 5.32 Å². The number of halogens is 1. The van der Waals surface area contributed by atoms with Gasteiger partial charge in [0.2, 0.25) is 11.7 Å². The van der Waals surface area contributed by atoms with Crippen molar-refractivity contribution >= 4 is 17.7 Å². The molecule has 0 saturated heterocycles. The topological polar surface area (TPSA) is 68.0 Å². The van der Waals surface area contributed by atoms with Gasteiger partial charge in [-0.15, -0.1) is 0 Å². The summed E-state index contributed by atoms with van der Waals surface area (Å²) in [5.74, 6) is 0.216. The van der Waals surface area contributed by atoms with E-state index in [-0.39, 0.29) is 23.5 Å². The number of nitrogens with one attached hydrogen (secondary N) is 1. The van der Waals surface area contributed by atoms with Crippen molar-refractivity contribution < 1.29 is 13.7 Å². The van der Waals surface area contributed by atoms with E-state index in [9.17, 15) is 9.18 Å². The van der Waals surface area contributed by atoms with Crippen LogP contribution in [0, 0.1) is 12.7 Å². The molecule has 0 aliphatic carbocycles. The number of rotatable bonds is 7. The second-order valence-corrected chi connectivity index (χ2v) is 7.23. The van der Waals surface area contributed by atoms with Crippen LogP contribution in [0.2, 0.25) is 0 Å². The van der Waals surface area contributed by atoms with Crippen molar-refractivity contribution in [3.8, 4) is 11.4 Å². The number of aryl methyl sites for hydroxylation is 1. The largest absolute Gasteiger partial charge is 0.353 e. The zero-order chi connectivity index (χ0) is 19.2. The molecule has 1 N–H and O–H groups in total. The minimum Gasteiger partial charge on any atom is -0.353 e. The number of hydrogen-bond donors (Lipinski definition) is 1. The summed E-state index contributed by atoms with van der Waals surface area (Å²) in [4.78, 5) is 16.4. The summed E-state index contributed by atoms with van der Waals surface area (Å²) < 4.78 is 18.9. The Balaban J connectivity index is 1.50. The third-order valence-corrected chi connectivity index (χ3v) is 4.72. The van der Waals surface area contributed by atoms with Gasteiger partial charge in [-0.25, -0.2) is 4.39 Å². The zero-order valence-corrected chi connectivity index (χ0v) is 15.9. The molecule has 1 heterocycles. The molecule has 0 unspecified atom stereocenters. The number of amides is 1. The first-order valence-electron chi connectivity index (χ1n) is 8.57. The molecule has 3 aromatic rings. The molecular weight excluding hydrogens is 365 g/mol. The highest BCUT2D eigenvalue weighted by Crippen LogP contribution is 2.22. The second-order valence-electron chi connectivity index (χ2n) is 6.31. The maximum Gasteiger partial charge on any atom is 0.286 e. The quantitative estimate of drug-likeness (QED) is 0.622. The van der Waals surface area contributed by atoms with Crippen molar-refractivity contribution in [2.24, 2.45) is 0 Å². The Labute approximate surface area is 161 Å². The summed E-state index contributed by atoms with van der Waals surface area (Å²) in [7, 11) is 0. The number of benzene rings is 2. The van der Waals surface area contributed by atoms with Gasteiger partial charge >= 0.3 is 0 Å². The van der Waals surface area contributed by atoms with E-state index in [0.717, 1.165) is 11.1 Å². The van der Waals surface area contributed by atoms with E-state index in [4.69, 9.17) is 4.52 Å². The van der Waals surface area contributed by atoms with Crippen LogP contribution in [-0.4, -0.2) is 27.8 Å². The summed E-state index contributed by atoms with van der Waals surface area (Å²) >= 11 is 1.17. The van der Waals surface area contributed by atoms with E-state index in [1.54, 1.807) is 18.2 Å². The molecule has 0 aliphatic heterocycles. The SMILES string of the molecule is Cc1cccc(-c2noc(SCC(=O)N[C@@H](C)Cc3ccccc3F)n2)c1. The molecule has 0 spiro atoms. The lowest BCUT2D eigenvalue weighted by Gasteiger charge is -2.13. The smallest absolute Gasteiger partial charge is 0.286 e. The summed E-state index contributed by atoms with van der Waals surface area (Å²) in [6.45, 7) is 3.84. The van der Waals surface area contributed by atoms with Crippen LogP contribution in [0.5, 0.6) is 0 Å². The van der Waals surface area contributed by atoms with Gasteiger partial charge in [-0.3, -0.25) is 4.79 Å². The van der Waals surface area contributed by atoms with Crippen LogP contribution in [0.25, 0.3) is 11.4 Å². The molecule has 5 nitrogen and oxygen atoms in total. The maximum absolute atomic E-state index is 13.7. The molecular formula is C20H20FN3O2S. The summed E-state index contributed by atoms with van der Waals surface area (Å²) in [6, 6.07) is 14.2. The lowest BCUT2D eigenvalue weighted by atomic mass is 10.1. The van der Waals surface area contributed by atoms with Gasteiger partial charge in [-0.2, -0.15) is 4.98 Å². The number of hydrogen-bond acceptors (Lipinski definition) is 5. The normalized spacial score (nSPS) is 12.0. The average molecular weight is 385 g/mol. The lowest BCUT2D eigenvalue weighted by molar-refractivity contribution is -0.119. The minimum atomic E-state index is -0.262. The zero-order valence-electron chi connectivity index (χ0n) is 15.1. The van der Waals surface area contributed by atoms with Crippen molar-refractivity contribution in [3.63, 3.8) is 0 Å². The lowest BCUT2D eigenvalue weighted by Crippen LogP contribution is -2.35. The van der Waals surface area contributed by atoms with Crippen LogP contribution in [0.1, 0.15) is 18.1 Å². The molecule has 140 valence electrons. The van der Waals surface area contributed by atoms with Crippen LogP contribution >= 0.6 is 11.8 Å². The Morgan fingerprint density at radius 1 is 1.26 bits per heavy atom. The Bertz CT molecular complexity index is 929. The number of thioether (sulfide) groups is 1. The van der Waals surface area contributed by atoms with E-state index < -0.39 is 0 Å². The van der Waals surface area contributed by atoms with Gasteiger partial charge in [0.1, 0.15) is 5.82 Å². The monoisotopic (exact) mass is 385 g/mol. The Morgan fingerprint density at radius 3 is 2.85 bits per heavy atom. The highest BCUT2D eigenvalue weighted by molar-refractivity contribution is 7.99. The van der Waals surface area contributed by atoms with Crippen molar-refractivity contribution in [2.75, 3.05) is 5.75 Å². The molecule has 2 aromatic carbocycles. The molecule has 0 aliphatic rings. The minimum absolute atomic E-state index is 0.150. The number of nitrogens with zero attached hydrogens (tertiary/aromatic N) is 2. The number of aromatic nitrogens is 2. The van der Waals surface area contributed by atoms with E-state index >= 15 is 0 Å². The first-order valence-corrected chi connectivity index (χ1v) is 9.56. The molecule has 0 saturated carbocycles. The van der Waals surface area contributed by atoms with Gasteiger partial charge in [0.15, 0.2) is 0 Å². The van der Waals surface area contributed by atoms with Crippen LogP contribution in [-0.2, 0) is 11.2 Å². The van der Waals surface area contributed by atoms with E-state index in [2.05, 4.69) is 15.5 Å². The molecule has 27 heavy (non-hydrogen) atoms. The van der Waals surface area contributed by atoms with Crippen molar-refractivity contribution in [2.45, 2.75) is 31.5 Å². The summed E-state index contributed by atoms with van der Waals surface area (Å²) in [5, 5.41) is 7.14. The van der Waals surface area contributed by atoms with Crippen LogP contribution in [0.4, 0.5) is 4.39 Å². The van der Waals surface area contributed by atoms with Gasteiger partial charge in [0.05, 0.1) is 5.75 Å². The Morgan fingerprint density at radius 2 is 2.07 bits per heavy atom. The number of carbonyl (C=O) groups excluding carboxylic acids is 1. The average Bonchev–Trinajstić information content (AvgIpc) is 3.11. The fourth-order valence-electron chi connectivity index (χ4n) is 2.66. The fourth-order valence-corrected chi connectivity index (χ4v) is 3.24. The van der Waals surface area contributed by atoms with Crippen LogP contribution in [0.3, 0.4) is 0 Å². The molecule has 1 aromatic heterocycles. The fraction of sp³-hybridized carbons (Fsp3) is 0.250. The first kappa shape index (κ1) is 19.1. The van der Waals surface area contributed by atoms with Crippen LogP contribution in [0.15, 0.2) is 58.3 Å². The van der Waals surface area contributed by atoms with Crippen molar-refractivity contribution in [1.82, 2.24) is 15.5 Å². The predicted molar refractivity (Wildman–Crippen MR) is 103 cm³/mol. The molecule has 0 fully saturated rings. The molecule has 1 amide bonds. The van der Waals surface area contributed by atoms with E-state index in [0.29, 0.717) is 23.0 Å². The third kappa shape index (κ3) is 5.40. The molecule has 0 bridgehead atoms. The highest BCUT2D eigenvalue weighted by atomic mass is 32.2. The van der Waals surface area contributed by atoms with Crippen molar-refractivity contribution in [1.29, 1.82) is 0 Å². The Hall–Kier alpha value is -2.67. The van der Waals surface area contributed by atoms with E-state index in [1.165, 1.54) is 17.8 Å². The Kier molecular flexibility index (Phi) is 6.24. The van der Waals surface area contributed by atoms with Gasteiger partial charge in [-0.1, -0.05) is 58.9 Å². The number of carbonyl (C=O) groups is 1. The maximum atomic E-state index is 13.7. The van der Waals surface area contributed by atoms with Gasteiger partial charge in [-0.05, 0) is 38.0 Å². The molecule has 3 rings (SSSR count). The molecule has 0 radical (unpaired) electrons. The summed E-state index contributed by atoms with van der Waals surface area (Å²) in [5.41, 5.74) is 2.56. The first-order chi connectivity index (χ1) is 13.0. The summed E-state index contributed by atoms with van der Waals surface area (Å²) in [6.07, 6.45) is 0.432. The van der Waals surface area contributed by atoms with Gasteiger partial charge in [0.25, 0.3) is 5.22 Å². The predicted octanol–water partition coefficient (Wildman–Crippen LogP) is 4.02. The van der Waals surface area contributed by atoms with Gasteiger partial charge in [0, 0.05) is 11.6 Å². The molecule has 7 heteroatoms. The van der Waals surface area contributed by atoms with Gasteiger partial charge < -0.3 is 9.84 Å². The van der Waals surface area contributed by atoms with E-state index in [1.807, 2.05) is 38.1 Å². The standard InChI is InChI=1S/C20H20FN3O2S/c1-13-6-5-8-16(10-13)19-23-20(26-24-19)27-12-18(25)22-14(2)11-15-7-3-4-9-17(15)21/h3-10,14H,11-12H2,1-2H3,(H,22,25)/t14-/m0/s1. The third-order valence-electron chi connectivity index (χ3n) is 3.90.